The second-order valence-corrected chi connectivity index (χ2v) is 8.22. The molecule has 2 aliphatic heterocycles. The molecule has 2 fully saturated rings. The van der Waals surface area contributed by atoms with Gasteiger partial charge in [0.15, 0.2) is 0 Å². The fraction of sp³-hybridized carbons (Fsp3) is 1.00. The first kappa shape index (κ1) is 18.2. The number of piperazine rings is 1. The molecule has 130 valence electrons. The molecule has 3 heteroatoms. The number of piperidine rings is 1. The van der Waals surface area contributed by atoms with Gasteiger partial charge in [0.2, 0.25) is 0 Å². The molecular formula is C19H39N3. The van der Waals surface area contributed by atoms with Crippen molar-refractivity contribution in [2.24, 2.45) is 11.8 Å². The Morgan fingerprint density at radius 3 is 1.86 bits per heavy atom. The molecule has 0 N–H and O–H groups in total. The zero-order chi connectivity index (χ0) is 16.1. The van der Waals surface area contributed by atoms with Crippen LogP contribution >= 0.6 is 0 Å². The van der Waals surface area contributed by atoms with Gasteiger partial charge < -0.3 is 9.80 Å². The van der Waals surface area contributed by atoms with Crippen LogP contribution in [0.15, 0.2) is 0 Å². The molecule has 0 aromatic heterocycles. The number of nitrogens with zero attached hydrogens (tertiary/aromatic N) is 3. The van der Waals surface area contributed by atoms with Gasteiger partial charge in [-0.05, 0) is 71.5 Å². The minimum absolute atomic E-state index is 0.733. The van der Waals surface area contributed by atoms with Crippen molar-refractivity contribution in [3.8, 4) is 0 Å². The molecule has 0 aliphatic carbocycles. The van der Waals surface area contributed by atoms with E-state index in [2.05, 4.69) is 49.3 Å². The van der Waals surface area contributed by atoms with E-state index in [4.69, 9.17) is 0 Å². The molecule has 2 heterocycles. The van der Waals surface area contributed by atoms with Crippen molar-refractivity contribution in [1.82, 2.24) is 14.7 Å². The zero-order valence-corrected chi connectivity index (χ0v) is 15.7. The summed E-state index contributed by atoms with van der Waals surface area (Å²) in [5.41, 5.74) is 0. The second-order valence-electron chi connectivity index (χ2n) is 8.22. The molecule has 0 spiro atoms. The average Bonchev–Trinajstić information content (AvgIpc) is 2.53. The first-order chi connectivity index (χ1) is 10.5. The van der Waals surface area contributed by atoms with Crippen LogP contribution in [0, 0.1) is 11.8 Å². The quantitative estimate of drug-likeness (QED) is 0.746. The largest absolute Gasteiger partial charge is 0.301 e. The summed E-state index contributed by atoms with van der Waals surface area (Å²) < 4.78 is 0. The van der Waals surface area contributed by atoms with E-state index in [0.29, 0.717) is 0 Å². The summed E-state index contributed by atoms with van der Waals surface area (Å²) in [4.78, 5) is 8.03. The van der Waals surface area contributed by atoms with Gasteiger partial charge in [0, 0.05) is 38.3 Å². The van der Waals surface area contributed by atoms with Crippen molar-refractivity contribution >= 4 is 0 Å². The van der Waals surface area contributed by atoms with E-state index >= 15 is 0 Å². The van der Waals surface area contributed by atoms with E-state index in [0.717, 1.165) is 23.9 Å². The first-order valence-electron chi connectivity index (χ1n) is 9.67. The molecule has 2 rings (SSSR count). The molecule has 3 nitrogen and oxygen atoms in total. The normalized spacial score (nSPS) is 25.2. The van der Waals surface area contributed by atoms with Crippen molar-refractivity contribution in [3.05, 3.63) is 0 Å². The van der Waals surface area contributed by atoms with Crippen LogP contribution in [0.25, 0.3) is 0 Å². The Labute approximate surface area is 139 Å². The highest BCUT2D eigenvalue weighted by atomic mass is 15.3. The predicted molar refractivity (Wildman–Crippen MR) is 96.4 cm³/mol. The average molecular weight is 310 g/mol. The number of hydrogen-bond donors (Lipinski definition) is 0. The minimum atomic E-state index is 0.733. The van der Waals surface area contributed by atoms with Gasteiger partial charge in [-0.15, -0.1) is 0 Å². The van der Waals surface area contributed by atoms with Gasteiger partial charge in [0.05, 0.1) is 0 Å². The molecule has 1 atom stereocenters. The van der Waals surface area contributed by atoms with Crippen LogP contribution < -0.4 is 0 Å². The third kappa shape index (κ3) is 5.21. The van der Waals surface area contributed by atoms with E-state index in [1.54, 1.807) is 0 Å². The van der Waals surface area contributed by atoms with Crippen LogP contribution in [-0.2, 0) is 0 Å². The Hall–Kier alpha value is -0.120. The van der Waals surface area contributed by atoms with Crippen LogP contribution in [0.1, 0.15) is 53.9 Å². The number of hydrogen-bond acceptors (Lipinski definition) is 3. The van der Waals surface area contributed by atoms with Gasteiger partial charge in [-0.25, -0.2) is 0 Å². The van der Waals surface area contributed by atoms with Crippen LogP contribution in [0.5, 0.6) is 0 Å². The maximum Gasteiger partial charge on any atom is 0.0113 e. The number of likely N-dealkylation sites (tertiary alicyclic amines) is 1. The summed E-state index contributed by atoms with van der Waals surface area (Å²) in [7, 11) is 0. The second kappa shape index (κ2) is 8.65. The molecule has 2 aliphatic rings. The molecule has 0 amide bonds. The Bertz CT molecular complexity index is 300. The molecule has 0 aromatic rings. The predicted octanol–water partition coefficient (Wildman–Crippen LogP) is 3.16. The van der Waals surface area contributed by atoms with Crippen molar-refractivity contribution in [2.75, 3.05) is 45.8 Å². The topological polar surface area (TPSA) is 9.72 Å². The highest BCUT2D eigenvalue weighted by Gasteiger charge is 2.24. The van der Waals surface area contributed by atoms with Crippen molar-refractivity contribution in [1.29, 1.82) is 0 Å². The smallest absolute Gasteiger partial charge is 0.0113 e. The van der Waals surface area contributed by atoms with Gasteiger partial charge >= 0.3 is 0 Å². The molecule has 0 radical (unpaired) electrons. The minimum Gasteiger partial charge on any atom is -0.301 e. The molecule has 2 saturated heterocycles. The van der Waals surface area contributed by atoms with E-state index in [1.165, 1.54) is 65.1 Å². The lowest BCUT2D eigenvalue weighted by Gasteiger charge is -2.40. The van der Waals surface area contributed by atoms with E-state index in [-0.39, 0.29) is 0 Å². The third-order valence-corrected chi connectivity index (χ3v) is 6.18. The SMILES string of the molecule is CC(C)C(C)N1CCN(CCC2CCN(C(C)C)CC2)CC1. The summed E-state index contributed by atoms with van der Waals surface area (Å²) in [5.74, 6) is 1.75. The van der Waals surface area contributed by atoms with Crippen LogP contribution in [0.4, 0.5) is 0 Å². The molecule has 0 aromatic carbocycles. The molecular weight excluding hydrogens is 270 g/mol. The summed E-state index contributed by atoms with van der Waals surface area (Å²) in [5, 5.41) is 0. The standard InChI is InChI=1S/C19H39N3/c1-16(2)18(5)22-14-12-20(13-15-22)9-6-19-7-10-21(11-8-19)17(3)4/h16-19H,6-15H2,1-5H3. The fourth-order valence-corrected chi connectivity index (χ4v) is 3.94. The van der Waals surface area contributed by atoms with Crippen molar-refractivity contribution < 1.29 is 0 Å². The number of rotatable bonds is 6. The van der Waals surface area contributed by atoms with Crippen LogP contribution in [-0.4, -0.2) is 72.6 Å². The lowest BCUT2D eigenvalue weighted by molar-refractivity contribution is 0.0759. The molecule has 0 saturated carbocycles. The summed E-state index contributed by atoms with van der Waals surface area (Å²) in [6, 6.07) is 1.47. The monoisotopic (exact) mass is 309 g/mol. The zero-order valence-electron chi connectivity index (χ0n) is 15.7. The highest BCUT2D eigenvalue weighted by molar-refractivity contribution is 4.80. The fourth-order valence-electron chi connectivity index (χ4n) is 3.94. The Morgan fingerprint density at radius 1 is 0.773 bits per heavy atom. The Morgan fingerprint density at radius 2 is 1.36 bits per heavy atom. The molecule has 0 bridgehead atoms. The van der Waals surface area contributed by atoms with Crippen LogP contribution in [0.3, 0.4) is 0 Å². The van der Waals surface area contributed by atoms with Gasteiger partial charge in [0.25, 0.3) is 0 Å². The van der Waals surface area contributed by atoms with Crippen molar-refractivity contribution in [3.63, 3.8) is 0 Å². The summed E-state index contributed by atoms with van der Waals surface area (Å²) in [6.45, 7) is 20.8. The molecule has 22 heavy (non-hydrogen) atoms. The Kier molecular flexibility index (Phi) is 7.17. The van der Waals surface area contributed by atoms with Gasteiger partial charge in [-0.2, -0.15) is 0 Å². The van der Waals surface area contributed by atoms with Gasteiger partial charge in [0.1, 0.15) is 0 Å². The lowest BCUT2D eigenvalue weighted by Crippen LogP contribution is -2.51. The summed E-state index contributed by atoms with van der Waals surface area (Å²) in [6.07, 6.45) is 4.26. The van der Waals surface area contributed by atoms with Crippen molar-refractivity contribution in [2.45, 2.75) is 66.0 Å². The van der Waals surface area contributed by atoms with Crippen LogP contribution in [0.2, 0.25) is 0 Å². The third-order valence-electron chi connectivity index (χ3n) is 6.18. The van der Waals surface area contributed by atoms with E-state index in [1.807, 2.05) is 0 Å². The highest BCUT2D eigenvalue weighted by Crippen LogP contribution is 2.22. The maximum atomic E-state index is 2.71. The Balaban J connectivity index is 1.61. The lowest BCUT2D eigenvalue weighted by atomic mass is 9.92. The summed E-state index contributed by atoms with van der Waals surface area (Å²) >= 11 is 0. The molecule has 1 unspecified atom stereocenters. The maximum absolute atomic E-state index is 2.71. The van der Waals surface area contributed by atoms with E-state index < -0.39 is 0 Å². The van der Waals surface area contributed by atoms with Gasteiger partial charge in [-0.1, -0.05) is 13.8 Å². The first-order valence-corrected chi connectivity index (χ1v) is 9.67. The van der Waals surface area contributed by atoms with E-state index in [9.17, 15) is 0 Å². The van der Waals surface area contributed by atoms with Gasteiger partial charge in [-0.3, -0.25) is 4.90 Å².